The maximum Gasteiger partial charge on any atom is 0.235 e. The van der Waals surface area contributed by atoms with Crippen LogP contribution in [0.3, 0.4) is 0 Å². The lowest BCUT2D eigenvalue weighted by Crippen LogP contribution is -2.44. The van der Waals surface area contributed by atoms with Crippen molar-refractivity contribution in [3.63, 3.8) is 0 Å². The van der Waals surface area contributed by atoms with Gasteiger partial charge < -0.3 is 0 Å². The molecule has 0 N–H and O–H groups in total. The van der Waals surface area contributed by atoms with Crippen molar-refractivity contribution in [2.45, 2.75) is 75.8 Å². The van der Waals surface area contributed by atoms with Gasteiger partial charge in [0.25, 0.3) is 0 Å². The van der Waals surface area contributed by atoms with Gasteiger partial charge in [-0.15, -0.1) is 0 Å². The Morgan fingerprint density at radius 2 is 1.68 bits per heavy atom. The number of hydrogen-bond acceptors (Lipinski definition) is 4. The van der Waals surface area contributed by atoms with E-state index in [0.29, 0.717) is 5.92 Å². The van der Waals surface area contributed by atoms with E-state index in [1.54, 1.807) is 12.2 Å². The second-order valence-corrected chi connectivity index (χ2v) is 6.00. The lowest BCUT2D eigenvalue weighted by Gasteiger charge is -2.40. The van der Waals surface area contributed by atoms with Crippen molar-refractivity contribution in [3.05, 3.63) is 0 Å². The minimum absolute atomic E-state index is 0.165. The summed E-state index contributed by atoms with van der Waals surface area (Å²) in [5, 5.41) is 0. The van der Waals surface area contributed by atoms with Crippen LogP contribution in [0.2, 0.25) is 0 Å². The van der Waals surface area contributed by atoms with E-state index in [-0.39, 0.29) is 6.04 Å². The van der Waals surface area contributed by atoms with Crippen molar-refractivity contribution in [1.29, 1.82) is 0 Å². The molecule has 19 heavy (non-hydrogen) atoms. The fourth-order valence-corrected chi connectivity index (χ4v) is 3.85. The SMILES string of the molecule is O=C=NC1CCCCC1(CC1CCCCC1)N=C=O. The number of rotatable bonds is 4. The van der Waals surface area contributed by atoms with Gasteiger partial charge in [0.05, 0.1) is 11.6 Å². The molecule has 0 bridgehead atoms. The second-order valence-electron chi connectivity index (χ2n) is 6.00. The normalized spacial score (nSPS) is 32.1. The van der Waals surface area contributed by atoms with Crippen molar-refractivity contribution in [2.75, 3.05) is 0 Å². The molecule has 0 amide bonds. The van der Waals surface area contributed by atoms with Crippen LogP contribution >= 0.6 is 0 Å². The Morgan fingerprint density at radius 1 is 0.947 bits per heavy atom. The smallest absolute Gasteiger partial charge is 0.211 e. The highest BCUT2D eigenvalue weighted by Crippen LogP contribution is 2.41. The van der Waals surface area contributed by atoms with Crippen LogP contribution in [0.4, 0.5) is 0 Å². The molecule has 0 aromatic carbocycles. The predicted molar refractivity (Wildman–Crippen MR) is 72.4 cm³/mol. The third-order valence-electron chi connectivity index (χ3n) is 4.80. The summed E-state index contributed by atoms with van der Waals surface area (Å²) in [4.78, 5) is 29.5. The van der Waals surface area contributed by atoms with Crippen molar-refractivity contribution < 1.29 is 9.59 Å². The molecule has 104 valence electrons. The largest absolute Gasteiger partial charge is 0.235 e. The van der Waals surface area contributed by atoms with E-state index < -0.39 is 5.54 Å². The first-order chi connectivity index (χ1) is 9.30. The number of carbonyl (C=O) groups excluding carboxylic acids is 2. The van der Waals surface area contributed by atoms with Crippen LogP contribution in [0.25, 0.3) is 0 Å². The minimum Gasteiger partial charge on any atom is -0.211 e. The molecule has 0 aromatic heterocycles. The van der Waals surface area contributed by atoms with Gasteiger partial charge in [0, 0.05) is 0 Å². The summed E-state index contributed by atoms with van der Waals surface area (Å²) < 4.78 is 0. The zero-order valence-electron chi connectivity index (χ0n) is 11.4. The average molecular weight is 262 g/mol. The molecule has 2 aliphatic rings. The Bertz CT molecular complexity index is 391. The highest BCUT2D eigenvalue weighted by molar-refractivity contribution is 5.38. The fraction of sp³-hybridized carbons (Fsp3) is 0.867. The molecule has 2 saturated carbocycles. The van der Waals surface area contributed by atoms with E-state index in [1.165, 1.54) is 32.1 Å². The van der Waals surface area contributed by atoms with Gasteiger partial charge in [0.15, 0.2) is 0 Å². The van der Waals surface area contributed by atoms with Crippen LogP contribution in [-0.2, 0) is 9.59 Å². The van der Waals surface area contributed by atoms with E-state index >= 15 is 0 Å². The monoisotopic (exact) mass is 262 g/mol. The van der Waals surface area contributed by atoms with Gasteiger partial charge in [-0.2, -0.15) is 9.98 Å². The lowest BCUT2D eigenvalue weighted by atomic mass is 9.70. The van der Waals surface area contributed by atoms with Crippen molar-refractivity contribution >= 4 is 12.2 Å². The number of isocyanates is 2. The molecule has 4 nitrogen and oxygen atoms in total. The standard InChI is InChI=1S/C15H22N2O2/c18-11-16-14-8-4-5-9-15(14,17-12-19)10-13-6-2-1-3-7-13/h13-14H,1-10H2. The lowest BCUT2D eigenvalue weighted by molar-refractivity contribution is 0.185. The maximum absolute atomic E-state index is 10.8. The van der Waals surface area contributed by atoms with Gasteiger partial charge in [-0.3, -0.25) is 0 Å². The summed E-state index contributed by atoms with van der Waals surface area (Å²) in [5.41, 5.74) is -0.473. The average Bonchev–Trinajstić information content (AvgIpc) is 2.43. The molecule has 0 spiro atoms. The predicted octanol–water partition coefficient (Wildman–Crippen LogP) is 3.31. The zero-order chi connectivity index (χ0) is 13.6. The molecule has 2 fully saturated rings. The number of aliphatic imine (C=N–C) groups is 2. The molecule has 2 aliphatic carbocycles. The summed E-state index contributed by atoms with van der Waals surface area (Å²) in [7, 11) is 0. The van der Waals surface area contributed by atoms with Gasteiger partial charge in [-0.05, 0) is 25.2 Å². The summed E-state index contributed by atoms with van der Waals surface area (Å²) in [6.07, 6.45) is 14.4. The molecular weight excluding hydrogens is 240 g/mol. The zero-order valence-corrected chi connectivity index (χ0v) is 11.4. The third-order valence-corrected chi connectivity index (χ3v) is 4.80. The Morgan fingerprint density at radius 3 is 2.37 bits per heavy atom. The Labute approximate surface area is 114 Å². The van der Waals surface area contributed by atoms with Gasteiger partial charge in [-0.25, -0.2) is 9.59 Å². The first-order valence-corrected chi connectivity index (χ1v) is 7.47. The van der Waals surface area contributed by atoms with Crippen LogP contribution in [-0.4, -0.2) is 23.7 Å². The number of nitrogens with zero attached hydrogens (tertiary/aromatic N) is 2. The van der Waals surface area contributed by atoms with Crippen LogP contribution in [0.5, 0.6) is 0 Å². The van der Waals surface area contributed by atoms with Crippen molar-refractivity contribution in [2.24, 2.45) is 15.9 Å². The topological polar surface area (TPSA) is 58.9 Å². The maximum atomic E-state index is 10.8. The molecule has 0 aliphatic heterocycles. The molecule has 4 heteroatoms. The van der Waals surface area contributed by atoms with E-state index in [9.17, 15) is 9.59 Å². The van der Waals surface area contributed by atoms with Crippen molar-refractivity contribution in [3.8, 4) is 0 Å². The Balaban J connectivity index is 2.18. The first-order valence-electron chi connectivity index (χ1n) is 7.47. The second kappa shape index (κ2) is 6.79. The quantitative estimate of drug-likeness (QED) is 0.576. The van der Waals surface area contributed by atoms with E-state index in [0.717, 1.165) is 32.1 Å². The molecule has 2 unspecified atom stereocenters. The van der Waals surface area contributed by atoms with Gasteiger partial charge in [-0.1, -0.05) is 44.9 Å². The Kier molecular flexibility index (Phi) is 5.07. The fourth-order valence-electron chi connectivity index (χ4n) is 3.85. The van der Waals surface area contributed by atoms with Crippen LogP contribution in [0.1, 0.15) is 64.2 Å². The summed E-state index contributed by atoms with van der Waals surface area (Å²) in [5.74, 6) is 0.619. The van der Waals surface area contributed by atoms with Crippen LogP contribution < -0.4 is 0 Å². The minimum atomic E-state index is -0.473. The van der Waals surface area contributed by atoms with E-state index in [2.05, 4.69) is 9.98 Å². The van der Waals surface area contributed by atoms with Gasteiger partial charge in [0.1, 0.15) is 0 Å². The summed E-state index contributed by atoms with van der Waals surface area (Å²) in [6, 6.07) is -0.165. The van der Waals surface area contributed by atoms with E-state index in [1.807, 2.05) is 0 Å². The molecule has 0 aromatic rings. The van der Waals surface area contributed by atoms with Crippen molar-refractivity contribution in [1.82, 2.24) is 0 Å². The summed E-state index contributed by atoms with van der Waals surface area (Å²) in [6.45, 7) is 0. The first kappa shape index (κ1) is 14.2. The van der Waals surface area contributed by atoms with Gasteiger partial charge in [0.2, 0.25) is 12.2 Å². The molecule has 2 atom stereocenters. The number of hydrogen-bond donors (Lipinski definition) is 0. The molecule has 0 saturated heterocycles. The van der Waals surface area contributed by atoms with Crippen LogP contribution in [0, 0.1) is 5.92 Å². The van der Waals surface area contributed by atoms with Crippen LogP contribution in [0.15, 0.2) is 9.98 Å². The highest BCUT2D eigenvalue weighted by Gasteiger charge is 2.43. The highest BCUT2D eigenvalue weighted by atomic mass is 16.1. The molecular formula is C15H22N2O2. The molecule has 0 heterocycles. The molecule has 2 rings (SSSR count). The van der Waals surface area contributed by atoms with Gasteiger partial charge >= 0.3 is 0 Å². The van der Waals surface area contributed by atoms with E-state index in [4.69, 9.17) is 0 Å². The third kappa shape index (κ3) is 3.40. The summed E-state index contributed by atoms with van der Waals surface area (Å²) >= 11 is 0. The molecule has 0 radical (unpaired) electrons. The Hall–Kier alpha value is -1.24.